The van der Waals surface area contributed by atoms with Crippen molar-refractivity contribution in [3.8, 4) is 5.75 Å². The predicted molar refractivity (Wildman–Crippen MR) is 82.5 cm³/mol. The number of piperidine rings is 1. The van der Waals surface area contributed by atoms with E-state index in [0.717, 1.165) is 19.4 Å². The molecule has 5 heteroatoms. The van der Waals surface area contributed by atoms with E-state index in [1.165, 1.54) is 0 Å². The van der Waals surface area contributed by atoms with Gasteiger partial charge in [0.15, 0.2) is 0 Å². The molecule has 1 fully saturated rings. The van der Waals surface area contributed by atoms with E-state index in [2.05, 4.69) is 11.9 Å². The molecule has 0 bridgehead atoms. The minimum atomic E-state index is -0.150. The Labute approximate surface area is 125 Å². The van der Waals surface area contributed by atoms with Crippen molar-refractivity contribution in [2.75, 3.05) is 31.6 Å². The molecular formula is C16H22N2O3. The molecule has 0 saturated carbocycles. The third-order valence-electron chi connectivity index (χ3n) is 3.55. The van der Waals surface area contributed by atoms with Gasteiger partial charge in [-0.3, -0.25) is 0 Å². The average Bonchev–Trinajstić information content (AvgIpc) is 2.54. The molecule has 1 aliphatic rings. The van der Waals surface area contributed by atoms with Crippen LogP contribution in [-0.2, 0) is 0 Å². The van der Waals surface area contributed by atoms with Gasteiger partial charge in [-0.15, -0.1) is 0 Å². The Balaban J connectivity index is 2.00. The number of carbonyl (C=O) groups is 1. The van der Waals surface area contributed by atoms with Crippen molar-refractivity contribution in [2.45, 2.75) is 12.8 Å². The first-order chi connectivity index (χ1) is 10.2. The lowest BCUT2D eigenvalue weighted by Crippen LogP contribution is -2.43. The zero-order valence-corrected chi connectivity index (χ0v) is 12.1. The number of urea groups is 1. The molecule has 1 heterocycles. The molecule has 2 amide bonds. The average molecular weight is 290 g/mol. The quantitative estimate of drug-likeness (QED) is 0.819. The third-order valence-corrected chi connectivity index (χ3v) is 3.55. The normalized spacial score (nSPS) is 18.1. The first-order valence-electron chi connectivity index (χ1n) is 7.24. The second-order valence-electron chi connectivity index (χ2n) is 5.16. The van der Waals surface area contributed by atoms with Crippen molar-refractivity contribution in [1.82, 2.24) is 4.90 Å². The van der Waals surface area contributed by atoms with Crippen LogP contribution in [0.15, 0.2) is 36.9 Å². The van der Waals surface area contributed by atoms with Crippen LogP contribution in [0.1, 0.15) is 12.8 Å². The molecule has 1 aromatic carbocycles. The van der Waals surface area contributed by atoms with Gasteiger partial charge in [0.05, 0.1) is 5.69 Å². The number of aliphatic hydroxyl groups is 1. The summed E-state index contributed by atoms with van der Waals surface area (Å²) in [6, 6.07) is 7.18. The zero-order valence-electron chi connectivity index (χ0n) is 12.1. The monoisotopic (exact) mass is 290 g/mol. The second-order valence-corrected chi connectivity index (χ2v) is 5.16. The summed E-state index contributed by atoms with van der Waals surface area (Å²) in [6.07, 6.45) is 3.56. The van der Waals surface area contributed by atoms with Gasteiger partial charge in [0.25, 0.3) is 0 Å². The number of amides is 2. The van der Waals surface area contributed by atoms with Gasteiger partial charge in [0.2, 0.25) is 0 Å². The fourth-order valence-corrected chi connectivity index (χ4v) is 2.44. The molecule has 5 nitrogen and oxygen atoms in total. The van der Waals surface area contributed by atoms with Gasteiger partial charge in [0.1, 0.15) is 12.4 Å². The van der Waals surface area contributed by atoms with Gasteiger partial charge in [-0.05, 0) is 30.9 Å². The number of carbonyl (C=O) groups excluding carboxylic acids is 1. The summed E-state index contributed by atoms with van der Waals surface area (Å²) >= 11 is 0. The number of nitrogens with zero attached hydrogens (tertiary/aromatic N) is 1. The summed E-state index contributed by atoms with van der Waals surface area (Å²) < 4.78 is 5.53. The summed E-state index contributed by atoms with van der Waals surface area (Å²) in [5.41, 5.74) is 0.649. The summed E-state index contributed by atoms with van der Waals surface area (Å²) in [4.78, 5) is 14.1. The lowest BCUT2D eigenvalue weighted by atomic mass is 9.99. The molecule has 0 aliphatic carbocycles. The Morgan fingerprint density at radius 1 is 1.52 bits per heavy atom. The number of benzene rings is 1. The van der Waals surface area contributed by atoms with E-state index in [4.69, 9.17) is 4.74 Å². The van der Waals surface area contributed by atoms with Gasteiger partial charge in [0, 0.05) is 19.7 Å². The number of aliphatic hydroxyl groups excluding tert-OH is 1. The molecule has 114 valence electrons. The maximum absolute atomic E-state index is 12.3. The summed E-state index contributed by atoms with van der Waals surface area (Å²) in [5, 5.41) is 12.1. The van der Waals surface area contributed by atoms with E-state index in [1.54, 1.807) is 11.0 Å². The van der Waals surface area contributed by atoms with Crippen LogP contribution in [0.4, 0.5) is 10.5 Å². The summed E-state index contributed by atoms with van der Waals surface area (Å²) in [7, 11) is 0. The van der Waals surface area contributed by atoms with E-state index < -0.39 is 0 Å². The van der Waals surface area contributed by atoms with Gasteiger partial charge in [-0.1, -0.05) is 24.8 Å². The first kappa shape index (κ1) is 15.4. The van der Waals surface area contributed by atoms with Crippen LogP contribution in [0, 0.1) is 5.92 Å². The molecule has 1 aliphatic heterocycles. The molecule has 2 rings (SSSR count). The van der Waals surface area contributed by atoms with Crippen molar-refractivity contribution in [1.29, 1.82) is 0 Å². The molecular weight excluding hydrogens is 268 g/mol. The highest BCUT2D eigenvalue weighted by atomic mass is 16.5. The van der Waals surface area contributed by atoms with Crippen LogP contribution < -0.4 is 10.1 Å². The van der Waals surface area contributed by atoms with Crippen molar-refractivity contribution in [3.05, 3.63) is 36.9 Å². The highest BCUT2D eigenvalue weighted by molar-refractivity contribution is 5.91. The maximum atomic E-state index is 12.3. The highest BCUT2D eigenvalue weighted by Gasteiger charge is 2.23. The van der Waals surface area contributed by atoms with E-state index in [1.807, 2.05) is 24.3 Å². The van der Waals surface area contributed by atoms with Crippen molar-refractivity contribution in [2.24, 2.45) is 5.92 Å². The lowest BCUT2D eigenvalue weighted by molar-refractivity contribution is 0.136. The number of ether oxygens (including phenoxy) is 1. The van der Waals surface area contributed by atoms with Crippen molar-refractivity contribution in [3.63, 3.8) is 0 Å². The Bertz CT molecular complexity index is 490. The van der Waals surface area contributed by atoms with Crippen LogP contribution in [0.2, 0.25) is 0 Å². The lowest BCUT2D eigenvalue weighted by Gasteiger charge is -2.32. The number of para-hydroxylation sites is 2. The Morgan fingerprint density at radius 3 is 3.10 bits per heavy atom. The number of hydrogen-bond acceptors (Lipinski definition) is 3. The van der Waals surface area contributed by atoms with Crippen LogP contribution in [0.3, 0.4) is 0 Å². The summed E-state index contributed by atoms with van der Waals surface area (Å²) in [5.74, 6) is 0.804. The molecule has 2 N–H and O–H groups in total. The van der Waals surface area contributed by atoms with Gasteiger partial charge in [-0.2, -0.15) is 0 Å². The molecule has 0 aromatic heterocycles. The largest absolute Gasteiger partial charge is 0.487 e. The standard InChI is InChI=1S/C16H22N2O3/c1-2-10-21-15-8-4-3-7-14(15)17-16(20)18-9-5-6-13(11-18)12-19/h2-4,7-8,13,19H,1,5-6,9-12H2,(H,17,20)/t13-/m1/s1. The molecule has 1 saturated heterocycles. The van der Waals surface area contributed by atoms with E-state index in [9.17, 15) is 9.90 Å². The second kappa shape index (κ2) is 7.69. The SMILES string of the molecule is C=CCOc1ccccc1NC(=O)N1CCC[C@@H](CO)C1. The van der Waals surface area contributed by atoms with Gasteiger partial charge < -0.3 is 20.1 Å². The third kappa shape index (κ3) is 4.23. The Hall–Kier alpha value is -2.01. The first-order valence-corrected chi connectivity index (χ1v) is 7.24. The van der Waals surface area contributed by atoms with E-state index in [0.29, 0.717) is 24.6 Å². The van der Waals surface area contributed by atoms with E-state index in [-0.39, 0.29) is 18.6 Å². The molecule has 1 aromatic rings. The number of rotatable bonds is 5. The fourth-order valence-electron chi connectivity index (χ4n) is 2.44. The number of hydrogen-bond donors (Lipinski definition) is 2. The van der Waals surface area contributed by atoms with Crippen LogP contribution in [-0.4, -0.2) is 42.3 Å². The number of anilines is 1. The topological polar surface area (TPSA) is 61.8 Å². The molecule has 0 unspecified atom stereocenters. The van der Waals surface area contributed by atoms with Crippen LogP contribution in [0.25, 0.3) is 0 Å². The predicted octanol–water partition coefficient (Wildman–Crippen LogP) is 2.49. The smallest absolute Gasteiger partial charge is 0.321 e. The van der Waals surface area contributed by atoms with Gasteiger partial charge in [-0.25, -0.2) is 4.79 Å². The number of likely N-dealkylation sites (tertiary alicyclic amines) is 1. The molecule has 0 radical (unpaired) electrons. The number of nitrogens with one attached hydrogen (secondary N) is 1. The summed E-state index contributed by atoms with van der Waals surface area (Å²) in [6.45, 7) is 5.45. The molecule has 0 spiro atoms. The van der Waals surface area contributed by atoms with Gasteiger partial charge >= 0.3 is 6.03 Å². The highest BCUT2D eigenvalue weighted by Crippen LogP contribution is 2.25. The van der Waals surface area contributed by atoms with Crippen molar-refractivity contribution >= 4 is 11.7 Å². The fraction of sp³-hybridized carbons (Fsp3) is 0.438. The molecule has 1 atom stereocenters. The maximum Gasteiger partial charge on any atom is 0.321 e. The minimum absolute atomic E-state index is 0.128. The Morgan fingerprint density at radius 2 is 2.33 bits per heavy atom. The van der Waals surface area contributed by atoms with Crippen LogP contribution in [0.5, 0.6) is 5.75 Å². The van der Waals surface area contributed by atoms with E-state index >= 15 is 0 Å². The minimum Gasteiger partial charge on any atom is -0.487 e. The molecule has 21 heavy (non-hydrogen) atoms. The van der Waals surface area contributed by atoms with Crippen LogP contribution >= 0.6 is 0 Å². The Kier molecular flexibility index (Phi) is 5.63. The van der Waals surface area contributed by atoms with Crippen molar-refractivity contribution < 1.29 is 14.6 Å². The zero-order chi connectivity index (χ0) is 15.1.